The van der Waals surface area contributed by atoms with Gasteiger partial charge in [0.2, 0.25) is 0 Å². The largest absolute Gasteiger partial charge is 0.308 e. The zero-order valence-electron chi connectivity index (χ0n) is 11.7. The Balaban J connectivity index is 2.92. The topological polar surface area (TPSA) is 55.6 Å². The number of nitrogens with one attached hydrogen (secondary N) is 1. The maximum absolute atomic E-state index is 4.19. The van der Waals surface area contributed by atoms with Gasteiger partial charge in [-0.3, -0.25) is 0 Å². The van der Waals surface area contributed by atoms with Crippen molar-refractivity contribution in [2.45, 2.75) is 72.0 Å². The lowest BCUT2D eigenvalue weighted by Gasteiger charge is -2.31. The van der Waals surface area contributed by atoms with Gasteiger partial charge < -0.3 is 5.32 Å². The Morgan fingerprint density at radius 3 is 2.24 bits per heavy atom. The van der Waals surface area contributed by atoms with Gasteiger partial charge in [-0.1, -0.05) is 34.6 Å². The Morgan fingerprint density at radius 1 is 1.18 bits per heavy atom. The molecule has 0 atom stereocenters. The van der Waals surface area contributed by atoms with E-state index in [2.05, 4.69) is 55.5 Å². The van der Waals surface area contributed by atoms with Gasteiger partial charge in [0.15, 0.2) is 5.82 Å². The van der Waals surface area contributed by atoms with Crippen molar-refractivity contribution in [3.8, 4) is 0 Å². The Labute approximate surface area is 104 Å². The van der Waals surface area contributed by atoms with Crippen LogP contribution in [0, 0.1) is 0 Å². The first-order valence-electron chi connectivity index (χ1n) is 6.60. The van der Waals surface area contributed by atoms with Crippen molar-refractivity contribution in [3.05, 3.63) is 5.82 Å². The van der Waals surface area contributed by atoms with Crippen LogP contribution >= 0.6 is 0 Å². The van der Waals surface area contributed by atoms with E-state index in [1.807, 2.05) is 4.68 Å². The van der Waals surface area contributed by atoms with E-state index in [0.29, 0.717) is 6.04 Å². The van der Waals surface area contributed by atoms with E-state index in [0.717, 1.165) is 31.6 Å². The molecule has 0 fully saturated rings. The minimum absolute atomic E-state index is 0.0670. The summed E-state index contributed by atoms with van der Waals surface area (Å²) in [5.74, 6) is 0.934. The molecule has 0 unspecified atom stereocenters. The van der Waals surface area contributed by atoms with Gasteiger partial charge in [-0.15, -0.1) is 5.10 Å². The van der Waals surface area contributed by atoms with E-state index >= 15 is 0 Å². The van der Waals surface area contributed by atoms with Crippen molar-refractivity contribution < 1.29 is 0 Å². The fraction of sp³-hybridized carbons (Fsp3) is 0.917. The van der Waals surface area contributed by atoms with Crippen LogP contribution in [-0.4, -0.2) is 26.2 Å². The van der Waals surface area contributed by atoms with Crippen molar-refractivity contribution >= 4 is 0 Å². The number of nitrogens with zero attached hydrogens (tertiary/aromatic N) is 4. The molecule has 0 spiro atoms. The maximum atomic E-state index is 4.19. The van der Waals surface area contributed by atoms with Gasteiger partial charge in [0.25, 0.3) is 0 Å². The van der Waals surface area contributed by atoms with Crippen LogP contribution in [0.1, 0.15) is 59.7 Å². The van der Waals surface area contributed by atoms with Crippen LogP contribution in [0.3, 0.4) is 0 Å². The number of hydrogen-bond acceptors (Lipinski definition) is 4. The Hall–Kier alpha value is -0.970. The average Bonchev–Trinajstić information content (AvgIpc) is 2.79. The fourth-order valence-electron chi connectivity index (χ4n) is 2.18. The summed E-state index contributed by atoms with van der Waals surface area (Å²) in [6.45, 7) is 11.6. The highest BCUT2D eigenvalue weighted by Crippen LogP contribution is 2.28. The monoisotopic (exact) mass is 239 g/mol. The van der Waals surface area contributed by atoms with Crippen molar-refractivity contribution in [1.82, 2.24) is 25.5 Å². The molecule has 0 aliphatic rings. The lowest BCUT2D eigenvalue weighted by atomic mass is 9.90. The molecule has 1 aromatic heterocycles. The van der Waals surface area contributed by atoms with Crippen molar-refractivity contribution in [2.24, 2.45) is 0 Å². The minimum Gasteiger partial charge on any atom is -0.308 e. The van der Waals surface area contributed by atoms with Crippen molar-refractivity contribution in [1.29, 1.82) is 0 Å². The summed E-state index contributed by atoms with van der Waals surface area (Å²) < 4.78 is 2.02. The van der Waals surface area contributed by atoms with E-state index in [1.165, 1.54) is 0 Å². The molecule has 1 heterocycles. The predicted molar refractivity (Wildman–Crippen MR) is 68.6 cm³/mol. The second-order valence-electron chi connectivity index (χ2n) is 4.83. The summed E-state index contributed by atoms with van der Waals surface area (Å²) in [6.07, 6.45) is 3.17. The zero-order valence-corrected chi connectivity index (χ0v) is 11.7. The highest BCUT2D eigenvalue weighted by Gasteiger charge is 2.30. The van der Waals surface area contributed by atoms with Crippen LogP contribution in [0.2, 0.25) is 0 Å². The molecule has 0 saturated carbocycles. The molecule has 17 heavy (non-hydrogen) atoms. The van der Waals surface area contributed by atoms with Crippen LogP contribution in [0.25, 0.3) is 0 Å². The Morgan fingerprint density at radius 2 is 1.76 bits per heavy atom. The summed E-state index contributed by atoms with van der Waals surface area (Å²) in [7, 11) is 0. The van der Waals surface area contributed by atoms with Crippen LogP contribution < -0.4 is 5.32 Å². The zero-order chi connectivity index (χ0) is 12.9. The van der Waals surface area contributed by atoms with Gasteiger partial charge in [0, 0.05) is 6.04 Å². The summed E-state index contributed by atoms with van der Waals surface area (Å²) in [5.41, 5.74) is 0.0670. The van der Waals surface area contributed by atoms with Crippen LogP contribution in [0.5, 0.6) is 0 Å². The number of hydrogen-bond donors (Lipinski definition) is 1. The van der Waals surface area contributed by atoms with E-state index in [-0.39, 0.29) is 5.54 Å². The fourth-order valence-corrected chi connectivity index (χ4v) is 2.18. The molecule has 5 nitrogen and oxygen atoms in total. The van der Waals surface area contributed by atoms with Crippen LogP contribution in [0.4, 0.5) is 0 Å². The SMILES string of the molecule is CCC(CC)(CC)n1nnnc1CNC(C)C. The predicted octanol–water partition coefficient (Wildman–Crippen LogP) is 2.10. The molecule has 1 N–H and O–H groups in total. The van der Waals surface area contributed by atoms with Crippen LogP contribution in [-0.2, 0) is 12.1 Å². The van der Waals surface area contributed by atoms with Crippen LogP contribution in [0.15, 0.2) is 0 Å². The first-order chi connectivity index (χ1) is 8.09. The molecule has 0 aliphatic carbocycles. The average molecular weight is 239 g/mol. The third-order valence-corrected chi connectivity index (χ3v) is 3.63. The standard InChI is InChI=1S/C12H25N5/c1-6-12(7-2,8-3)17-11(14-15-16-17)9-13-10(4)5/h10,13H,6-9H2,1-5H3. The molecular weight excluding hydrogens is 214 g/mol. The molecule has 0 aliphatic heterocycles. The molecule has 0 amide bonds. The molecule has 0 saturated heterocycles. The number of rotatable bonds is 7. The van der Waals surface area contributed by atoms with Gasteiger partial charge >= 0.3 is 0 Å². The molecule has 98 valence electrons. The molecule has 0 bridgehead atoms. The Bertz CT molecular complexity index is 319. The quantitative estimate of drug-likeness (QED) is 0.791. The van der Waals surface area contributed by atoms with Gasteiger partial charge in [0.1, 0.15) is 0 Å². The van der Waals surface area contributed by atoms with Gasteiger partial charge in [0.05, 0.1) is 12.1 Å². The third-order valence-electron chi connectivity index (χ3n) is 3.63. The molecule has 1 aromatic rings. The number of tetrazole rings is 1. The normalized spacial score (nSPS) is 12.4. The van der Waals surface area contributed by atoms with Gasteiger partial charge in [-0.25, -0.2) is 4.68 Å². The molecule has 0 aromatic carbocycles. The number of aromatic nitrogens is 4. The first kappa shape index (κ1) is 14.1. The van der Waals surface area contributed by atoms with Crippen molar-refractivity contribution in [2.75, 3.05) is 0 Å². The highest BCUT2D eigenvalue weighted by molar-refractivity contribution is 4.91. The summed E-state index contributed by atoms with van der Waals surface area (Å²) in [4.78, 5) is 0. The lowest BCUT2D eigenvalue weighted by molar-refractivity contribution is 0.211. The Kier molecular flexibility index (Phi) is 5.05. The van der Waals surface area contributed by atoms with E-state index in [4.69, 9.17) is 0 Å². The molecule has 1 rings (SSSR count). The third kappa shape index (κ3) is 3.03. The molecule has 0 radical (unpaired) electrons. The van der Waals surface area contributed by atoms with Gasteiger partial charge in [-0.2, -0.15) is 0 Å². The molecule has 5 heteroatoms. The first-order valence-corrected chi connectivity index (χ1v) is 6.60. The van der Waals surface area contributed by atoms with Gasteiger partial charge in [-0.05, 0) is 29.7 Å². The summed E-state index contributed by atoms with van der Waals surface area (Å²) >= 11 is 0. The summed E-state index contributed by atoms with van der Waals surface area (Å²) in [5, 5.41) is 15.5. The lowest BCUT2D eigenvalue weighted by Crippen LogP contribution is -2.36. The minimum atomic E-state index is 0.0670. The second-order valence-corrected chi connectivity index (χ2v) is 4.83. The smallest absolute Gasteiger partial charge is 0.165 e. The van der Waals surface area contributed by atoms with E-state index in [1.54, 1.807) is 0 Å². The second kappa shape index (κ2) is 6.10. The molecular formula is C12H25N5. The van der Waals surface area contributed by atoms with E-state index < -0.39 is 0 Å². The van der Waals surface area contributed by atoms with Crippen molar-refractivity contribution in [3.63, 3.8) is 0 Å². The van der Waals surface area contributed by atoms with E-state index in [9.17, 15) is 0 Å². The highest BCUT2D eigenvalue weighted by atomic mass is 15.6. The maximum Gasteiger partial charge on any atom is 0.165 e. The summed E-state index contributed by atoms with van der Waals surface area (Å²) in [6, 6.07) is 0.444.